The average Bonchev–Trinajstić information content (AvgIpc) is 2.44. The first-order valence-electron chi connectivity index (χ1n) is 7.54. The van der Waals surface area contributed by atoms with Crippen molar-refractivity contribution in [1.29, 1.82) is 0 Å². The van der Waals surface area contributed by atoms with Gasteiger partial charge in [-0.1, -0.05) is 20.8 Å². The lowest BCUT2D eigenvalue weighted by Gasteiger charge is -2.40. The molecule has 1 saturated heterocycles. The third-order valence-electron chi connectivity index (χ3n) is 4.29. The third-order valence-corrected chi connectivity index (χ3v) is 6.08. The molecule has 0 aromatic heterocycles. The molecule has 1 fully saturated rings. The highest BCUT2D eigenvalue weighted by atomic mass is 32.2. The number of rotatable bonds is 8. The zero-order valence-corrected chi connectivity index (χ0v) is 13.4. The van der Waals surface area contributed by atoms with Crippen LogP contribution >= 0.6 is 0 Å². The zero-order chi connectivity index (χ0) is 14.4. The van der Waals surface area contributed by atoms with Gasteiger partial charge in [-0.25, -0.2) is 8.42 Å². The Morgan fingerprint density at radius 1 is 1.26 bits per heavy atom. The fourth-order valence-corrected chi connectivity index (χ4v) is 3.56. The predicted molar refractivity (Wildman–Crippen MR) is 79.2 cm³/mol. The minimum atomic E-state index is -2.82. The number of ether oxygens (including phenoxy) is 1. The van der Waals surface area contributed by atoms with Crippen molar-refractivity contribution in [2.45, 2.75) is 64.5 Å². The van der Waals surface area contributed by atoms with E-state index in [-0.39, 0.29) is 11.4 Å². The summed E-state index contributed by atoms with van der Waals surface area (Å²) < 4.78 is 28.7. The minimum Gasteiger partial charge on any atom is -0.375 e. The van der Waals surface area contributed by atoms with E-state index in [1.807, 2.05) is 0 Å². The molecule has 1 N–H and O–H groups in total. The Hall–Kier alpha value is -0.130. The summed E-state index contributed by atoms with van der Waals surface area (Å²) in [4.78, 5) is 0. The summed E-state index contributed by atoms with van der Waals surface area (Å²) in [7, 11) is -2.82. The Labute approximate surface area is 118 Å². The maximum Gasteiger partial charge on any atom is 0.150 e. The fraction of sp³-hybridized carbons (Fsp3) is 1.00. The van der Waals surface area contributed by atoms with E-state index in [9.17, 15) is 8.42 Å². The molecule has 1 aliphatic heterocycles. The lowest BCUT2D eigenvalue weighted by molar-refractivity contribution is -0.0929. The summed E-state index contributed by atoms with van der Waals surface area (Å²) in [6.07, 6.45) is 4.87. The highest BCUT2D eigenvalue weighted by molar-refractivity contribution is 7.91. The summed E-state index contributed by atoms with van der Waals surface area (Å²) in [5, 5.41) is 3.50. The van der Waals surface area contributed by atoms with Gasteiger partial charge in [-0.15, -0.1) is 0 Å². The second-order valence-corrected chi connectivity index (χ2v) is 7.95. The molecule has 0 radical (unpaired) electrons. The van der Waals surface area contributed by atoms with Crippen LogP contribution in [0.3, 0.4) is 0 Å². The van der Waals surface area contributed by atoms with E-state index in [4.69, 9.17) is 4.74 Å². The van der Waals surface area contributed by atoms with Crippen molar-refractivity contribution in [1.82, 2.24) is 5.32 Å². The molecule has 0 aliphatic carbocycles. The molecule has 0 bridgehead atoms. The lowest BCUT2D eigenvalue weighted by Crippen LogP contribution is -2.46. The first kappa shape index (κ1) is 16.9. The predicted octanol–water partition coefficient (Wildman–Crippen LogP) is 2.14. The number of nitrogens with one attached hydrogen (secondary N) is 1. The maximum absolute atomic E-state index is 11.4. The van der Waals surface area contributed by atoms with Gasteiger partial charge in [0.05, 0.1) is 11.4 Å². The van der Waals surface area contributed by atoms with Crippen LogP contribution in [0, 0.1) is 0 Å². The maximum atomic E-state index is 11.4. The van der Waals surface area contributed by atoms with Gasteiger partial charge in [0.1, 0.15) is 9.84 Å². The molecule has 0 spiro atoms. The van der Waals surface area contributed by atoms with Crippen LogP contribution in [0.2, 0.25) is 0 Å². The molecule has 0 aromatic rings. The van der Waals surface area contributed by atoms with Crippen LogP contribution in [0.25, 0.3) is 0 Å². The molecular formula is C14H29NO3S. The molecular weight excluding hydrogens is 262 g/mol. The van der Waals surface area contributed by atoms with Crippen molar-refractivity contribution in [2.75, 3.05) is 24.7 Å². The highest BCUT2D eigenvalue weighted by Crippen LogP contribution is 2.31. The van der Waals surface area contributed by atoms with Crippen LogP contribution in [0.15, 0.2) is 0 Å². The van der Waals surface area contributed by atoms with Gasteiger partial charge in [0, 0.05) is 18.4 Å². The molecule has 114 valence electrons. The van der Waals surface area contributed by atoms with E-state index in [1.165, 1.54) is 0 Å². The van der Waals surface area contributed by atoms with Gasteiger partial charge >= 0.3 is 0 Å². The topological polar surface area (TPSA) is 55.4 Å². The minimum absolute atomic E-state index is 0.0331. The number of sulfone groups is 1. The molecule has 1 aliphatic rings. The average molecular weight is 291 g/mol. The summed E-state index contributed by atoms with van der Waals surface area (Å²) in [5.74, 6) is 0.547. The van der Waals surface area contributed by atoms with Gasteiger partial charge in [-0.3, -0.25) is 0 Å². The van der Waals surface area contributed by atoms with E-state index in [1.54, 1.807) is 6.92 Å². The lowest BCUT2D eigenvalue weighted by atomic mass is 9.86. The fourth-order valence-electron chi connectivity index (χ4n) is 2.69. The number of hydrogen-bond donors (Lipinski definition) is 1. The van der Waals surface area contributed by atoms with Crippen LogP contribution in [-0.4, -0.2) is 44.7 Å². The monoisotopic (exact) mass is 291 g/mol. The van der Waals surface area contributed by atoms with Crippen molar-refractivity contribution in [2.24, 2.45) is 0 Å². The Balaban J connectivity index is 2.30. The smallest absolute Gasteiger partial charge is 0.150 e. The molecule has 0 aromatic carbocycles. The Morgan fingerprint density at radius 2 is 1.95 bits per heavy atom. The van der Waals surface area contributed by atoms with Crippen molar-refractivity contribution >= 4 is 9.84 Å². The van der Waals surface area contributed by atoms with Crippen LogP contribution in [0.5, 0.6) is 0 Å². The molecule has 1 heterocycles. The Bertz CT molecular complexity index is 350. The second-order valence-electron chi connectivity index (χ2n) is 5.47. The van der Waals surface area contributed by atoms with Crippen LogP contribution in [-0.2, 0) is 14.6 Å². The standard InChI is InChI=1S/C14H29NO3S/c1-4-14(5-2)12-13(8-10-18-14)15-9-7-11-19(16,17)6-3/h13,15H,4-12H2,1-3H3. The molecule has 4 nitrogen and oxygen atoms in total. The van der Waals surface area contributed by atoms with E-state index >= 15 is 0 Å². The quantitative estimate of drug-likeness (QED) is 0.696. The summed E-state index contributed by atoms with van der Waals surface area (Å²) in [5.41, 5.74) is 0.0331. The zero-order valence-electron chi connectivity index (χ0n) is 12.6. The first-order valence-corrected chi connectivity index (χ1v) is 9.37. The third kappa shape index (κ3) is 5.40. The molecule has 0 saturated carbocycles. The molecule has 1 unspecified atom stereocenters. The van der Waals surface area contributed by atoms with Crippen molar-refractivity contribution in [3.8, 4) is 0 Å². The summed E-state index contributed by atoms with van der Waals surface area (Å²) >= 11 is 0. The van der Waals surface area contributed by atoms with E-state index in [0.717, 1.165) is 38.8 Å². The largest absolute Gasteiger partial charge is 0.375 e. The van der Waals surface area contributed by atoms with Gasteiger partial charge in [-0.2, -0.15) is 0 Å². The van der Waals surface area contributed by atoms with Crippen LogP contribution in [0.4, 0.5) is 0 Å². The van der Waals surface area contributed by atoms with Gasteiger partial charge in [0.15, 0.2) is 0 Å². The second kappa shape index (κ2) is 7.60. The Kier molecular flexibility index (Phi) is 6.77. The van der Waals surface area contributed by atoms with Crippen molar-refractivity contribution < 1.29 is 13.2 Å². The molecule has 1 rings (SSSR count). The first-order chi connectivity index (χ1) is 8.97. The van der Waals surface area contributed by atoms with Crippen LogP contribution < -0.4 is 5.32 Å². The molecule has 19 heavy (non-hydrogen) atoms. The van der Waals surface area contributed by atoms with Crippen LogP contribution in [0.1, 0.15) is 52.9 Å². The number of hydrogen-bond acceptors (Lipinski definition) is 4. The summed E-state index contributed by atoms with van der Waals surface area (Å²) in [6.45, 7) is 7.66. The molecule has 0 amide bonds. The molecule has 5 heteroatoms. The van der Waals surface area contributed by atoms with E-state index in [2.05, 4.69) is 19.2 Å². The van der Waals surface area contributed by atoms with E-state index < -0.39 is 9.84 Å². The van der Waals surface area contributed by atoms with Gasteiger partial charge in [0.25, 0.3) is 0 Å². The Morgan fingerprint density at radius 3 is 2.53 bits per heavy atom. The normalized spacial score (nSPS) is 23.4. The van der Waals surface area contributed by atoms with E-state index in [0.29, 0.717) is 18.2 Å². The summed E-state index contributed by atoms with van der Waals surface area (Å²) in [6, 6.07) is 0.470. The SMILES string of the molecule is CCC1(CC)CC(NCCCS(=O)(=O)CC)CCO1. The van der Waals surface area contributed by atoms with Gasteiger partial charge < -0.3 is 10.1 Å². The van der Waals surface area contributed by atoms with Gasteiger partial charge in [-0.05, 0) is 38.6 Å². The van der Waals surface area contributed by atoms with Crippen molar-refractivity contribution in [3.05, 3.63) is 0 Å². The van der Waals surface area contributed by atoms with Crippen molar-refractivity contribution in [3.63, 3.8) is 0 Å². The molecule has 1 atom stereocenters. The van der Waals surface area contributed by atoms with Gasteiger partial charge in [0.2, 0.25) is 0 Å². The highest BCUT2D eigenvalue weighted by Gasteiger charge is 2.34.